The van der Waals surface area contributed by atoms with Gasteiger partial charge >= 0.3 is 5.97 Å². The lowest BCUT2D eigenvalue weighted by atomic mass is 9.98. The fourth-order valence-corrected chi connectivity index (χ4v) is 3.86. The summed E-state index contributed by atoms with van der Waals surface area (Å²) in [7, 11) is 0. The molecule has 1 fully saturated rings. The molecule has 32 heavy (non-hydrogen) atoms. The lowest BCUT2D eigenvalue weighted by Crippen LogP contribution is -2.34. The number of carbonyl (C=O) groups is 1. The molecule has 1 unspecified atom stereocenters. The molecule has 8 heteroatoms. The number of aliphatic hydroxyl groups excluding tert-OH is 2. The topological polar surface area (TPSA) is 115 Å². The number of fused-ring (bicyclic) bond motifs is 1. The normalized spacial score (nSPS) is 24.8. The van der Waals surface area contributed by atoms with Gasteiger partial charge in [0.1, 0.15) is 12.2 Å². The van der Waals surface area contributed by atoms with Crippen LogP contribution in [0.1, 0.15) is 55.6 Å². The van der Waals surface area contributed by atoms with Gasteiger partial charge in [0.05, 0.1) is 17.8 Å². The van der Waals surface area contributed by atoms with Crippen molar-refractivity contribution in [1.82, 2.24) is 0 Å². The standard InChI is InChI=1S/C24H32O8/c1-13(15(3)25)9-10-17(26)22-18(31-24(4,5)32-22)8-6-7-16-20(23(27)28)14(2)11-19-21(16)30-12-29-19/h6-7,9-11,13,15,17-18,22,25-26H,8,12H2,1-5H3,(H,27,28)/b7-6+,10-9-/t13-,15+,17?,18+,22-/m1/s1. The summed E-state index contributed by atoms with van der Waals surface area (Å²) < 4.78 is 22.8. The summed E-state index contributed by atoms with van der Waals surface area (Å²) in [5, 5.41) is 30.0. The monoisotopic (exact) mass is 448 g/mol. The van der Waals surface area contributed by atoms with Crippen LogP contribution in [-0.4, -0.2) is 58.3 Å². The molecule has 0 aliphatic carbocycles. The van der Waals surface area contributed by atoms with E-state index < -0.39 is 36.2 Å². The van der Waals surface area contributed by atoms with E-state index >= 15 is 0 Å². The van der Waals surface area contributed by atoms with Gasteiger partial charge in [-0.15, -0.1) is 0 Å². The van der Waals surface area contributed by atoms with Crippen LogP contribution < -0.4 is 9.47 Å². The molecule has 2 heterocycles. The molecule has 3 N–H and O–H groups in total. The van der Waals surface area contributed by atoms with Crippen molar-refractivity contribution >= 4 is 12.0 Å². The molecule has 1 aromatic carbocycles. The molecule has 0 saturated carbocycles. The maximum Gasteiger partial charge on any atom is 0.336 e. The van der Waals surface area contributed by atoms with Crippen LogP contribution in [-0.2, 0) is 9.47 Å². The SMILES string of the molecule is Cc1cc2c(c(/C=C/C[C@@H]3OC(C)(C)O[C@@H]3C(O)/C=C\[C@@H](C)[C@H](C)O)c1C(=O)O)OCO2. The van der Waals surface area contributed by atoms with Gasteiger partial charge in [-0.25, -0.2) is 4.79 Å². The number of carboxylic acid groups (broad SMARTS) is 1. The summed E-state index contributed by atoms with van der Waals surface area (Å²) in [6.07, 6.45) is 4.71. The number of carboxylic acids is 1. The molecule has 1 aromatic rings. The highest BCUT2D eigenvalue weighted by atomic mass is 16.8. The van der Waals surface area contributed by atoms with E-state index in [4.69, 9.17) is 18.9 Å². The van der Waals surface area contributed by atoms with E-state index in [-0.39, 0.29) is 18.3 Å². The summed E-state index contributed by atoms with van der Waals surface area (Å²) in [6.45, 7) is 8.86. The van der Waals surface area contributed by atoms with Gasteiger partial charge in [0, 0.05) is 5.56 Å². The van der Waals surface area contributed by atoms with Gasteiger partial charge in [-0.2, -0.15) is 0 Å². The van der Waals surface area contributed by atoms with Crippen LogP contribution in [0.2, 0.25) is 0 Å². The number of benzene rings is 1. The zero-order valence-corrected chi connectivity index (χ0v) is 19.1. The Bertz CT molecular complexity index is 902. The summed E-state index contributed by atoms with van der Waals surface area (Å²) in [5.74, 6) is -1.12. The number of aliphatic hydroxyl groups is 2. The van der Waals surface area contributed by atoms with Gasteiger partial charge in [-0.05, 0) is 51.7 Å². The number of hydrogen-bond donors (Lipinski definition) is 3. The Labute approximate surface area is 188 Å². The zero-order valence-electron chi connectivity index (χ0n) is 19.1. The highest BCUT2D eigenvalue weighted by Crippen LogP contribution is 2.40. The molecule has 1 saturated heterocycles. The Morgan fingerprint density at radius 1 is 1.22 bits per heavy atom. The minimum Gasteiger partial charge on any atom is -0.478 e. The Morgan fingerprint density at radius 2 is 1.94 bits per heavy atom. The second-order valence-corrected chi connectivity index (χ2v) is 8.77. The van der Waals surface area contributed by atoms with Gasteiger partial charge in [-0.3, -0.25) is 0 Å². The highest BCUT2D eigenvalue weighted by Gasteiger charge is 2.43. The van der Waals surface area contributed by atoms with E-state index in [1.54, 1.807) is 58.1 Å². The molecule has 0 radical (unpaired) electrons. The number of aryl methyl sites for hydroxylation is 1. The fraction of sp³-hybridized carbons (Fsp3) is 0.542. The zero-order chi connectivity index (χ0) is 23.6. The first-order valence-corrected chi connectivity index (χ1v) is 10.7. The van der Waals surface area contributed by atoms with Gasteiger partial charge in [0.25, 0.3) is 0 Å². The van der Waals surface area contributed by atoms with Crippen molar-refractivity contribution in [1.29, 1.82) is 0 Å². The molecule has 2 aliphatic heterocycles. The van der Waals surface area contributed by atoms with Crippen LogP contribution in [0.4, 0.5) is 0 Å². The summed E-state index contributed by atoms with van der Waals surface area (Å²) in [6, 6.07) is 1.66. The second kappa shape index (κ2) is 9.62. The maximum atomic E-state index is 11.8. The Morgan fingerprint density at radius 3 is 2.59 bits per heavy atom. The molecule has 0 amide bonds. The predicted octanol–water partition coefficient (Wildman–Crippen LogP) is 3.28. The first kappa shape index (κ1) is 24.3. The lowest BCUT2D eigenvalue weighted by molar-refractivity contribution is -0.152. The molecule has 8 nitrogen and oxygen atoms in total. The number of rotatable bonds is 8. The summed E-state index contributed by atoms with van der Waals surface area (Å²) in [4.78, 5) is 11.8. The maximum absolute atomic E-state index is 11.8. The van der Waals surface area contributed by atoms with Crippen LogP contribution in [0.3, 0.4) is 0 Å². The van der Waals surface area contributed by atoms with Crippen LogP contribution in [0.5, 0.6) is 11.5 Å². The molecule has 0 aromatic heterocycles. The predicted molar refractivity (Wildman–Crippen MR) is 118 cm³/mol. The second-order valence-electron chi connectivity index (χ2n) is 8.77. The number of ether oxygens (including phenoxy) is 4. The third kappa shape index (κ3) is 5.32. The Hall–Kier alpha value is -2.39. The Kier molecular flexibility index (Phi) is 7.29. The van der Waals surface area contributed by atoms with Gasteiger partial charge in [0.15, 0.2) is 17.3 Å². The van der Waals surface area contributed by atoms with Crippen molar-refractivity contribution in [3.8, 4) is 11.5 Å². The van der Waals surface area contributed by atoms with Crippen molar-refractivity contribution in [2.45, 2.75) is 71.2 Å². The quantitative estimate of drug-likeness (QED) is 0.519. The minimum atomic E-state index is -1.05. The van der Waals surface area contributed by atoms with Gasteiger partial charge < -0.3 is 34.3 Å². The molecule has 0 spiro atoms. The largest absolute Gasteiger partial charge is 0.478 e. The van der Waals surface area contributed by atoms with E-state index in [9.17, 15) is 20.1 Å². The molecule has 3 rings (SSSR count). The molecule has 5 atom stereocenters. The van der Waals surface area contributed by atoms with Crippen LogP contribution in [0.15, 0.2) is 24.3 Å². The van der Waals surface area contributed by atoms with Crippen molar-refractivity contribution in [2.24, 2.45) is 5.92 Å². The van der Waals surface area contributed by atoms with E-state index in [2.05, 4.69) is 0 Å². The number of hydrogen-bond acceptors (Lipinski definition) is 7. The summed E-state index contributed by atoms with van der Waals surface area (Å²) >= 11 is 0. The van der Waals surface area contributed by atoms with E-state index in [0.717, 1.165) is 0 Å². The van der Waals surface area contributed by atoms with Crippen LogP contribution in [0, 0.1) is 12.8 Å². The average molecular weight is 449 g/mol. The lowest BCUT2D eigenvalue weighted by Gasteiger charge is -2.20. The van der Waals surface area contributed by atoms with Gasteiger partial charge in [0.2, 0.25) is 6.79 Å². The van der Waals surface area contributed by atoms with Crippen LogP contribution in [0.25, 0.3) is 6.08 Å². The fourth-order valence-electron chi connectivity index (χ4n) is 3.86. The van der Waals surface area contributed by atoms with Crippen molar-refractivity contribution in [3.63, 3.8) is 0 Å². The summed E-state index contributed by atoms with van der Waals surface area (Å²) in [5.41, 5.74) is 1.17. The molecule has 0 bridgehead atoms. The highest BCUT2D eigenvalue weighted by molar-refractivity contribution is 5.96. The van der Waals surface area contributed by atoms with Crippen molar-refractivity contribution in [2.75, 3.05) is 6.79 Å². The van der Waals surface area contributed by atoms with Crippen molar-refractivity contribution in [3.05, 3.63) is 41.0 Å². The van der Waals surface area contributed by atoms with E-state index in [1.165, 1.54) is 0 Å². The first-order chi connectivity index (χ1) is 15.0. The number of aromatic carboxylic acids is 1. The molecular weight excluding hydrogens is 416 g/mol. The van der Waals surface area contributed by atoms with Crippen LogP contribution >= 0.6 is 0 Å². The third-order valence-electron chi connectivity index (χ3n) is 5.70. The van der Waals surface area contributed by atoms with Gasteiger partial charge in [-0.1, -0.05) is 31.2 Å². The molecule has 176 valence electrons. The Balaban J connectivity index is 1.80. The van der Waals surface area contributed by atoms with E-state index in [1.807, 2.05) is 6.92 Å². The third-order valence-corrected chi connectivity index (χ3v) is 5.70. The molecule has 2 aliphatic rings. The van der Waals surface area contributed by atoms with E-state index in [0.29, 0.717) is 29.0 Å². The molecular formula is C24H32O8. The smallest absolute Gasteiger partial charge is 0.336 e. The average Bonchev–Trinajstić information content (AvgIpc) is 3.28. The first-order valence-electron chi connectivity index (χ1n) is 10.7. The van der Waals surface area contributed by atoms with Crippen molar-refractivity contribution < 1.29 is 39.1 Å². The minimum absolute atomic E-state index is 0.0396.